The highest BCUT2D eigenvalue weighted by atomic mass is 35.5. The Morgan fingerprint density at radius 3 is 2.77 bits per heavy atom. The number of para-hydroxylation sites is 1. The molecule has 1 amide bonds. The summed E-state index contributed by atoms with van der Waals surface area (Å²) >= 11 is 7.42. The zero-order chi connectivity index (χ0) is 20.8. The van der Waals surface area contributed by atoms with Crippen LogP contribution in [0.1, 0.15) is 12.5 Å². The van der Waals surface area contributed by atoms with Crippen LogP contribution in [0.5, 0.6) is 0 Å². The second-order valence-corrected chi connectivity index (χ2v) is 8.75. The lowest BCUT2D eigenvalue weighted by atomic mass is 10.1. The first kappa shape index (κ1) is 19.0. The van der Waals surface area contributed by atoms with Gasteiger partial charge in [-0.3, -0.25) is 14.2 Å². The van der Waals surface area contributed by atoms with Crippen LogP contribution in [0.15, 0.2) is 65.0 Å². The van der Waals surface area contributed by atoms with Crippen LogP contribution >= 0.6 is 22.9 Å². The van der Waals surface area contributed by atoms with Crippen molar-refractivity contribution >= 4 is 44.7 Å². The molecular formula is C23H18ClN3O2S. The number of amides is 1. The minimum Gasteiger partial charge on any atom is -0.307 e. The van der Waals surface area contributed by atoms with E-state index >= 15 is 0 Å². The minimum absolute atomic E-state index is 0.0453. The maximum atomic E-state index is 13.3. The second kappa shape index (κ2) is 7.38. The fourth-order valence-electron chi connectivity index (χ4n) is 4.09. The lowest BCUT2D eigenvalue weighted by Gasteiger charge is -2.23. The normalized spacial score (nSPS) is 15.5. The zero-order valence-electron chi connectivity index (χ0n) is 16.2. The summed E-state index contributed by atoms with van der Waals surface area (Å²) < 4.78 is 1.41. The average Bonchev–Trinajstić information content (AvgIpc) is 3.31. The first-order valence-corrected chi connectivity index (χ1v) is 10.9. The summed E-state index contributed by atoms with van der Waals surface area (Å²) in [6.45, 7) is 1.98. The molecule has 5 nitrogen and oxygen atoms in total. The molecule has 0 fully saturated rings. The lowest BCUT2D eigenvalue weighted by Crippen LogP contribution is -2.40. The molecule has 0 saturated carbocycles. The second-order valence-electron chi connectivity index (χ2n) is 7.46. The van der Waals surface area contributed by atoms with Crippen LogP contribution < -0.4 is 10.5 Å². The van der Waals surface area contributed by atoms with Crippen LogP contribution in [0, 0.1) is 0 Å². The molecule has 2 aromatic carbocycles. The predicted molar refractivity (Wildman–Crippen MR) is 121 cm³/mol. The molecule has 5 rings (SSSR count). The number of nitrogens with zero attached hydrogens (tertiary/aromatic N) is 3. The van der Waals surface area contributed by atoms with Crippen molar-refractivity contribution in [2.24, 2.45) is 0 Å². The Labute approximate surface area is 182 Å². The van der Waals surface area contributed by atoms with Gasteiger partial charge in [0.1, 0.15) is 11.4 Å². The van der Waals surface area contributed by atoms with E-state index in [4.69, 9.17) is 11.6 Å². The molecule has 7 heteroatoms. The Bertz CT molecular complexity index is 1330. The third-order valence-electron chi connectivity index (χ3n) is 5.50. The lowest BCUT2D eigenvalue weighted by molar-refractivity contribution is -0.119. The number of carbonyl (C=O) groups is 1. The van der Waals surface area contributed by atoms with Gasteiger partial charge in [0.2, 0.25) is 5.91 Å². The van der Waals surface area contributed by atoms with E-state index < -0.39 is 0 Å². The van der Waals surface area contributed by atoms with Gasteiger partial charge in [0.05, 0.1) is 11.7 Å². The molecule has 4 aromatic rings. The van der Waals surface area contributed by atoms with Crippen molar-refractivity contribution in [2.75, 3.05) is 4.90 Å². The van der Waals surface area contributed by atoms with Crippen LogP contribution in [-0.2, 0) is 17.8 Å². The molecule has 0 saturated heterocycles. The van der Waals surface area contributed by atoms with E-state index in [9.17, 15) is 9.59 Å². The Kier molecular flexibility index (Phi) is 4.68. The van der Waals surface area contributed by atoms with Crippen LogP contribution in [0.25, 0.3) is 21.3 Å². The Morgan fingerprint density at radius 2 is 1.97 bits per heavy atom. The molecule has 0 spiro atoms. The molecule has 3 heterocycles. The molecule has 150 valence electrons. The van der Waals surface area contributed by atoms with E-state index in [1.807, 2.05) is 48.7 Å². The molecule has 2 aromatic heterocycles. The molecule has 0 bridgehead atoms. The van der Waals surface area contributed by atoms with Gasteiger partial charge in [-0.1, -0.05) is 41.9 Å². The highest BCUT2D eigenvalue weighted by Crippen LogP contribution is 2.33. The largest absolute Gasteiger partial charge is 0.307 e. The van der Waals surface area contributed by atoms with Gasteiger partial charge < -0.3 is 4.90 Å². The van der Waals surface area contributed by atoms with Gasteiger partial charge in [0.25, 0.3) is 5.56 Å². The molecule has 1 unspecified atom stereocenters. The third kappa shape index (κ3) is 3.13. The van der Waals surface area contributed by atoms with Crippen molar-refractivity contribution in [3.8, 4) is 11.1 Å². The smallest absolute Gasteiger partial charge is 0.263 e. The number of fused-ring (bicyclic) bond motifs is 2. The van der Waals surface area contributed by atoms with Crippen molar-refractivity contribution in [1.82, 2.24) is 9.55 Å². The van der Waals surface area contributed by atoms with E-state index in [2.05, 4.69) is 4.98 Å². The van der Waals surface area contributed by atoms with Gasteiger partial charge in [-0.05, 0) is 42.7 Å². The van der Waals surface area contributed by atoms with E-state index in [-0.39, 0.29) is 24.1 Å². The fraction of sp³-hybridized carbons (Fsp3) is 0.174. The topological polar surface area (TPSA) is 55.2 Å². The first-order valence-electron chi connectivity index (χ1n) is 9.65. The average molecular weight is 436 g/mol. The summed E-state index contributed by atoms with van der Waals surface area (Å²) in [7, 11) is 0. The zero-order valence-corrected chi connectivity index (χ0v) is 17.8. The summed E-state index contributed by atoms with van der Waals surface area (Å²) in [5, 5.41) is 3.10. The quantitative estimate of drug-likeness (QED) is 0.466. The van der Waals surface area contributed by atoms with Gasteiger partial charge in [0, 0.05) is 27.7 Å². The molecule has 0 aliphatic carbocycles. The van der Waals surface area contributed by atoms with Crippen LogP contribution in [0.2, 0.25) is 5.02 Å². The third-order valence-corrected chi connectivity index (χ3v) is 6.64. The minimum atomic E-state index is -0.209. The molecule has 1 atom stereocenters. The Morgan fingerprint density at radius 1 is 1.20 bits per heavy atom. The van der Waals surface area contributed by atoms with Gasteiger partial charge in [-0.25, -0.2) is 4.98 Å². The number of hydrogen-bond donors (Lipinski definition) is 0. The number of benzene rings is 2. The standard InChI is InChI=1S/C23H18ClN3O2S/c1-14-10-16-4-2-3-5-19(16)27(14)20(28)11-26-13-25-22-21(23(26)29)18(12-30-22)15-6-8-17(24)9-7-15/h2-9,12-14H,10-11H2,1H3. The Balaban J connectivity index is 1.52. The number of hydrogen-bond acceptors (Lipinski definition) is 4. The Hall–Kier alpha value is -2.96. The fourth-order valence-corrected chi connectivity index (χ4v) is 5.12. The molecule has 1 aliphatic rings. The van der Waals surface area contributed by atoms with Crippen molar-refractivity contribution in [3.05, 3.63) is 81.2 Å². The van der Waals surface area contributed by atoms with Crippen LogP contribution in [-0.4, -0.2) is 21.5 Å². The number of carbonyl (C=O) groups excluding carboxylic acids is 1. The summed E-state index contributed by atoms with van der Waals surface area (Å²) in [5.41, 5.74) is 3.58. The highest BCUT2D eigenvalue weighted by Gasteiger charge is 2.30. The molecule has 1 aliphatic heterocycles. The number of halogens is 1. The van der Waals surface area contributed by atoms with Crippen LogP contribution in [0.4, 0.5) is 5.69 Å². The number of thiophene rings is 1. The molecular weight excluding hydrogens is 418 g/mol. The maximum Gasteiger partial charge on any atom is 0.263 e. The van der Waals surface area contributed by atoms with Crippen molar-refractivity contribution in [1.29, 1.82) is 0 Å². The van der Waals surface area contributed by atoms with Crippen molar-refractivity contribution in [2.45, 2.75) is 25.9 Å². The SMILES string of the molecule is CC1Cc2ccccc2N1C(=O)Cn1cnc2scc(-c3ccc(Cl)cc3)c2c1=O. The monoisotopic (exact) mass is 435 g/mol. The molecule has 0 N–H and O–H groups in total. The van der Waals surface area contributed by atoms with E-state index in [1.165, 1.54) is 22.2 Å². The van der Waals surface area contributed by atoms with Crippen LogP contribution in [0.3, 0.4) is 0 Å². The van der Waals surface area contributed by atoms with E-state index in [0.29, 0.717) is 15.2 Å². The molecule has 30 heavy (non-hydrogen) atoms. The summed E-state index contributed by atoms with van der Waals surface area (Å²) in [6.07, 6.45) is 2.29. The van der Waals surface area contributed by atoms with Crippen molar-refractivity contribution in [3.63, 3.8) is 0 Å². The summed E-state index contributed by atoms with van der Waals surface area (Å²) in [5.74, 6) is -0.112. The first-order chi connectivity index (χ1) is 14.5. The van der Waals surface area contributed by atoms with Gasteiger partial charge in [0.15, 0.2) is 0 Å². The van der Waals surface area contributed by atoms with E-state index in [0.717, 1.165) is 28.8 Å². The summed E-state index contributed by atoms with van der Waals surface area (Å²) in [6, 6.07) is 15.3. The number of rotatable bonds is 3. The van der Waals surface area contributed by atoms with E-state index in [1.54, 1.807) is 17.0 Å². The number of anilines is 1. The molecule has 0 radical (unpaired) electrons. The summed E-state index contributed by atoms with van der Waals surface area (Å²) in [4.78, 5) is 33.3. The van der Waals surface area contributed by atoms with Crippen molar-refractivity contribution < 1.29 is 4.79 Å². The number of aromatic nitrogens is 2. The van der Waals surface area contributed by atoms with Gasteiger partial charge in [-0.2, -0.15) is 0 Å². The van der Waals surface area contributed by atoms with Gasteiger partial charge in [-0.15, -0.1) is 11.3 Å². The maximum absolute atomic E-state index is 13.3. The predicted octanol–water partition coefficient (Wildman–Crippen LogP) is 4.76. The highest BCUT2D eigenvalue weighted by molar-refractivity contribution is 7.17. The van der Waals surface area contributed by atoms with Gasteiger partial charge >= 0.3 is 0 Å².